The van der Waals surface area contributed by atoms with Gasteiger partial charge in [0.05, 0.1) is 6.21 Å². The Kier molecular flexibility index (Phi) is 4.00. The Morgan fingerprint density at radius 3 is 2.53 bits per heavy atom. The lowest BCUT2D eigenvalue weighted by Crippen LogP contribution is -2.23. The number of hydrogen-bond acceptors (Lipinski definition) is 2. The summed E-state index contributed by atoms with van der Waals surface area (Å²) in [6.45, 7) is 5.83. The van der Waals surface area contributed by atoms with Crippen LogP contribution in [0.1, 0.15) is 18.1 Å². The first-order valence-electron chi connectivity index (χ1n) is 4.44. The van der Waals surface area contributed by atoms with E-state index in [1.54, 1.807) is 6.21 Å². The fourth-order valence-corrected chi connectivity index (χ4v) is 1.08. The van der Waals surface area contributed by atoms with E-state index < -0.39 is 0 Å². The zero-order valence-electron chi connectivity index (χ0n) is 8.53. The summed E-state index contributed by atoms with van der Waals surface area (Å²) in [5.74, 6) is 0. The number of hydrazone groups is 1. The van der Waals surface area contributed by atoms with Crippen LogP contribution in [0.2, 0.25) is 0 Å². The van der Waals surface area contributed by atoms with Gasteiger partial charge in [-0.2, -0.15) is 5.10 Å². The molecule has 0 heterocycles. The Labute approximate surface area is 94.7 Å². The first-order chi connectivity index (χ1) is 7.09. The summed E-state index contributed by atoms with van der Waals surface area (Å²) in [6, 6.07) is 7.89. The van der Waals surface area contributed by atoms with Crippen LogP contribution in [-0.2, 0) is 0 Å². The molecular formula is C11H13N3S. The van der Waals surface area contributed by atoms with E-state index in [1.807, 2.05) is 31.2 Å². The molecule has 0 aliphatic rings. The van der Waals surface area contributed by atoms with Gasteiger partial charge in [0, 0.05) is 0 Å². The third-order valence-corrected chi connectivity index (χ3v) is 1.88. The van der Waals surface area contributed by atoms with Gasteiger partial charge in [-0.1, -0.05) is 36.4 Å². The second-order valence-corrected chi connectivity index (χ2v) is 3.58. The molecular weight excluding hydrogens is 206 g/mol. The topological polar surface area (TPSA) is 50.4 Å². The summed E-state index contributed by atoms with van der Waals surface area (Å²) in [5, 5.41) is 4.01. The molecule has 0 bridgehead atoms. The molecule has 0 radical (unpaired) electrons. The normalized spacial score (nSPS) is 10.2. The number of nitrogens with two attached hydrogens (primary N) is 1. The van der Waals surface area contributed by atoms with Crippen LogP contribution in [0, 0.1) is 0 Å². The van der Waals surface area contributed by atoms with Crippen LogP contribution in [0.3, 0.4) is 0 Å². The van der Waals surface area contributed by atoms with E-state index in [9.17, 15) is 0 Å². The molecule has 0 aliphatic heterocycles. The highest BCUT2D eigenvalue weighted by atomic mass is 32.1. The van der Waals surface area contributed by atoms with Crippen LogP contribution < -0.4 is 11.2 Å². The van der Waals surface area contributed by atoms with Gasteiger partial charge in [0.15, 0.2) is 5.11 Å². The minimum absolute atomic E-state index is 0.157. The molecule has 1 rings (SSSR count). The molecule has 1 aromatic carbocycles. The monoisotopic (exact) mass is 219 g/mol. The number of benzene rings is 1. The lowest BCUT2D eigenvalue weighted by atomic mass is 10.1. The van der Waals surface area contributed by atoms with Gasteiger partial charge in [0.2, 0.25) is 0 Å². The third-order valence-electron chi connectivity index (χ3n) is 1.79. The van der Waals surface area contributed by atoms with Crippen LogP contribution in [0.25, 0.3) is 5.57 Å². The third kappa shape index (κ3) is 3.91. The number of hydrogen-bond donors (Lipinski definition) is 2. The molecule has 0 saturated heterocycles. The Hall–Kier alpha value is -1.68. The second-order valence-electron chi connectivity index (χ2n) is 3.14. The molecule has 0 aromatic heterocycles. The predicted molar refractivity (Wildman–Crippen MR) is 68.7 cm³/mol. The fourth-order valence-electron chi connectivity index (χ4n) is 1.02. The quantitative estimate of drug-likeness (QED) is 0.463. The highest BCUT2D eigenvalue weighted by Crippen LogP contribution is 2.11. The molecule has 0 atom stereocenters. The van der Waals surface area contributed by atoms with E-state index in [-0.39, 0.29) is 5.11 Å². The Balaban J connectivity index is 2.68. The second kappa shape index (κ2) is 5.26. The van der Waals surface area contributed by atoms with Crippen LogP contribution in [-0.4, -0.2) is 11.3 Å². The van der Waals surface area contributed by atoms with Gasteiger partial charge in [-0.25, -0.2) is 0 Å². The first kappa shape index (κ1) is 11.4. The van der Waals surface area contributed by atoms with Crippen molar-refractivity contribution in [2.45, 2.75) is 6.92 Å². The standard InChI is InChI=1S/C11H13N3S/c1-8(2)10-5-3-9(4-6-10)7-13-14-11(12)15/h3-7H,1H2,2H3,(H3,12,14,15). The molecule has 0 fully saturated rings. The maximum absolute atomic E-state index is 5.22. The van der Waals surface area contributed by atoms with Crippen molar-refractivity contribution in [2.75, 3.05) is 0 Å². The average Bonchev–Trinajstić information content (AvgIpc) is 2.18. The summed E-state index contributed by atoms with van der Waals surface area (Å²) in [4.78, 5) is 0. The van der Waals surface area contributed by atoms with Crippen LogP contribution in [0.5, 0.6) is 0 Å². The molecule has 3 nitrogen and oxygen atoms in total. The summed E-state index contributed by atoms with van der Waals surface area (Å²) >= 11 is 4.61. The van der Waals surface area contributed by atoms with Crippen molar-refractivity contribution >= 4 is 29.1 Å². The van der Waals surface area contributed by atoms with Crippen molar-refractivity contribution in [3.05, 3.63) is 42.0 Å². The number of allylic oxidation sites excluding steroid dienone is 1. The predicted octanol–water partition coefficient (Wildman–Crippen LogP) is 1.89. The Morgan fingerprint density at radius 1 is 1.47 bits per heavy atom. The first-order valence-corrected chi connectivity index (χ1v) is 4.85. The molecule has 4 heteroatoms. The molecule has 15 heavy (non-hydrogen) atoms. The van der Waals surface area contributed by atoms with Gasteiger partial charge in [-0.3, -0.25) is 5.43 Å². The largest absolute Gasteiger partial charge is 0.375 e. The number of rotatable bonds is 3. The van der Waals surface area contributed by atoms with Crippen molar-refractivity contribution < 1.29 is 0 Å². The Bertz CT molecular complexity index is 393. The van der Waals surface area contributed by atoms with Gasteiger partial charge in [-0.05, 0) is 30.3 Å². The van der Waals surface area contributed by atoms with Crippen molar-refractivity contribution in [1.29, 1.82) is 0 Å². The van der Waals surface area contributed by atoms with Gasteiger partial charge >= 0.3 is 0 Å². The van der Waals surface area contributed by atoms with E-state index >= 15 is 0 Å². The molecule has 0 spiro atoms. The summed E-state index contributed by atoms with van der Waals surface area (Å²) in [5.41, 5.74) is 10.8. The smallest absolute Gasteiger partial charge is 0.184 e. The van der Waals surface area contributed by atoms with Crippen molar-refractivity contribution in [3.63, 3.8) is 0 Å². The van der Waals surface area contributed by atoms with E-state index in [4.69, 9.17) is 5.73 Å². The Morgan fingerprint density at radius 2 is 2.07 bits per heavy atom. The number of thiocarbonyl (C=S) groups is 1. The SMILES string of the molecule is C=C(C)c1ccc(C=NNC(N)=S)cc1. The van der Waals surface area contributed by atoms with E-state index in [0.29, 0.717) is 0 Å². The van der Waals surface area contributed by atoms with Gasteiger partial charge in [0.25, 0.3) is 0 Å². The highest BCUT2D eigenvalue weighted by Gasteiger charge is 1.92. The zero-order valence-corrected chi connectivity index (χ0v) is 9.34. The molecule has 0 aliphatic carbocycles. The summed E-state index contributed by atoms with van der Waals surface area (Å²) in [6.07, 6.45) is 1.65. The average molecular weight is 219 g/mol. The molecule has 1 aromatic rings. The highest BCUT2D eigenvalue weighted by molar-refractivity contribution is 7.80. The van der Waals surface area contributed by atoms with Crippen molar-refractivity contribution in [2.24, 2.45) is 10.8 Å². The van der Waals surface area contributed by atoms with Crippen molar-refractivity contribution in [1.82, 2.24) is 5.43 Å². The molecule has 0 amide bonds. The summed E-state index contributed by atoms with van der Waals surface area (Å²) < 4.78 is 0. The minimum Gasteiger partial charge on any atom is -0.375 e. The maximum Gasteiger partial charge on any atom is 0.184 e. The fraction of sp³-hybridized carbons (Fsp3) is 0.0909. The number of nitrogens with zero attached hydrogens (tertiary/aromatic N) is 1. The summed E-state index contributed by atoms with van der Waals surface area (Å²) in [7, 11) is 0. The van der Waals surface area contributed by atoms with E-state index in [2.05, 4.69) is 29.3 Å². The van der Waals surface area contributed by atoms with Crippen LogP contribution >= 0.6 is 12.2 Å². The van der Waals surface area contributed by atoms with Crippen molar-refractivity contribution in [3.8, 4) is 0 Å². The van der Waals surface area contributed by atoms with E-state index in [1.165, 1.54) is 0 Å². The lowest BCUT2D eigenvalue weighted by molar-refractivity contribution is 1.04. The van der Waals surface area contributed by atoms with Gasteiger partial charge < -0.3 is 5.73 Å². The minimum atomic E-state index is 0.157. The molecule has 3 N–H and O–H groups in total. The van der Waals surface area contributed by atoms with Crippen LogP contribution in [0.4, 0.5) is 0 Å². The molecule has 78 valence electrons. The molecule has 0 saturated carbocycles. The van der Waals surface area contributed by atoms with E-state index in [0.717, 1.165) is 16.7 Å². The van der Waals surface area contributed by atoms with Crippen LogP contribution in [0.15, 0.2) is 35.9 Å². The maximum atomic E-state index is 5.22. The molecule has 0 unspecified atom stereocenters. The zero-order chi connectivity index (χ0) is 11.3. The lowest BCUT2D eigenvalue weighted by Gasteiger charge is -1.99. The number of nitrogens with one attached hydrogen (secondary N) is 1. The van der Waals surface area contributed by atoms with Gasteiger partial charge in [0.1, 0.15) is 0 Å². The van der Waals surface area contributed by atoms with Gasteiger partial charge in [-0.15, -0.1) is 0 Å².